The third kappa shape index (κ3) is 3.32. The van der Waals surface area contributed by atoms with Crippen molar-refractivity contribution in [3.05, 3.63) is 78.8 Å². The van der Waals surface area contributed by atoms with Gasteiger partial charge in [0.1, 0.15) is 5.75 Å². The van der Waals surface area contributed by atoms with E-state index >= 15 is 0 Å². The number of pyridine rings is 1. The molecule has 2 heterocycles. The second-order valence-electron chi connectivity index (χ2n) is 6.08. The normalized spacial score (nSPS) is 10.7. The van der Waals surface area contributed by atoms with Crippen LogP contribution >= 0.6 is 0 Å². The lowest BCUT2D eigenvalue weighted by molar-refractivity contribution is 0.444. The highest BCUT2D eigenvalue weighted by molar-refractivity contribution is 5.76. The average molecular weight is 342 g/mol. The third-order valence-electron chi connectivity index (χ3n) is 4.19. The fourth-order valence-corrected chi connectivity index (χ4v) is 2.73. The number of rotatable bonds is 4. The summed E-state index contributed by atoms with van der Waals surface area (Å²) in [5.74, 6) is 0.689. The van der Waals surface area contributed by atoms with Crippen LogP contribution in [0.5, 0.6) is 11.8 Å². The fraction of sp³-hybridized carbons (Fsp3) is 0.0952. The van der Waals surface area contributed by atoms with E-state index in [1.165, 1.54) is 5.56 Å². The van der Waals surface area contributed by atoms with Crippen molar-refractivity contribution in [1.82, 2.24) is 15.0 Å². The van der Waals surface area contributed by atoms with Crippen molar-refractivity contribution in [2.75, 3.05) is 11.9 Å². The molecule has 0 bridgehead atoms. The Bertz CT molecular complexity index is 1050. The molecule has 0 spiro atoms. The first-order valence-electron chi connectivity index (χ1n) is 8.34. The molecule has 5 heteroatoms. The molecule has 0 radical (unpaired) electrons. The van der Waals surface area contributed by atoms with E-state index in [4.69, 9.17) is 4.74 Å². The summed E-state index contributed by atoms with van der Waals surface area (Å²) in [5.41, 5.74) is 4.21. The van der Waals surface area contributed by atoms with Crippen molar-refractivity contribution in [1.29, 1.82) is 0 Å². The minimum absolute atomic E-state index is 0.310. The SMILES string of the molecule is Cc1cccc(N(C)c2ccc(Oc3ncc4ccncc4n3)cc2)c1. The predicted octanol–water partition coefficient (Wildman–Crippen LogP) is 4.89. The molecule has 128 valence electrons. The van der Waals surface area contributed by atoms with Gasteiger partial charge in [-0.05, 0) is 55.0 Å². The highest BCUT2D eigenvalue weighted by Crippen LogP contribution is 2.27. The van der Waals surface area contributed by atoms with Crippen molar-refractivity contribution >= 4 is 22.3 Å². The van der Waals surface area contributed by atoms with Gasteiger partial charge in [-0.15, -0.1) is 0 Å². The zero-order chi connectivity index (χ0) is 17.9. The van der Waals surface area contributed by atoms with Crippen LogP contribution in [0.2, 0.25) is 0 Å². The van der Waals surface area contributed by atoms with Crippen LogP contribution in [-0.2, 0) is 0 Å². The van der Waals surface area contributed by atoms with E-state index in [9.17, 15) is 0 Å². The summed E-state index contributed by atoms with van der Waals surface area (Å²) in [6.45, 7) is 2.09. The Hall–Kier alpha value is -3.47. The highest BCUT2D eigenvalue weighted by atomic mass is 16.5. The van der Waals surface area contributed by atoms with Crippen LogP contribution in [0.1, 0.15) is 5.56 Å². The molecule has 0 aliphatic carbocycles. The lowest BCUT2D eigenvalue weighted by atomic mass is 10.2. The number of ether oxygens (including phenoxy) is 1. The van der Waals surface area contributed by atoms with E-state index in [1.807, 2.05) is 37.4 Å². The average Bonchev–Trinajstić information content (AvgIpc) is 2.68. The number of aromatic nitrogens is 3. The van der Waals surface area contributed by atoms with Gasteiger partial charge in [0.25, 0.3) is 0 Å². The lowest BCUT2D eigenvalue weighted by Gasteiger charge is -2.20. The molecule has 0 atom stereocenters. The molecule has 4 rings (SSSR count). The molecule has 0 saturated heterocycles. The number of nitrogens with zero attached hydrogens (tertiary/aromatic N) is 4. The first kappa shape index (κ1) is 16.0. The Balaban J connectivity index is 1.53. The summed E-state index contributed by atoms with van der Waals surface area (Å²) < 4.78 is 5.78. The minimum atomic E-state index is 0.310. The van der Waals surface area contributed by atoms with E-state index in [0.717, 1.165) is 22.3 Å². The van der Waals surface area contributed by atoms with Gasteiger partial charge in [0, 0.05) is 36.2 Å². The molecule has 0 aliphatic heterocycles. The summed E-state index contributed by atoms with van der Waals surface area (Å²) >= 11 is 0. The number of aryl methyl sites for hydroxylation is 1. The fourth-order valence-electron chi connectivity index (χ4n) is 2.73. The van der Waals surface area contributed by atoms with Gasteiger partial charge in [-0.25, -0.2) is 4.98 Å². The topological polar surface area (TPSA) is 51.1 Å². The Kier molecular flexibility index (Phi) is 4.19. The molecule has 0 saturated carbocycles. The molecule has 26 heavy (non-hydrogen) atoms. The molecular formula is C21H18N4O. The number of hydrogen-bond donors (Lipinski definition) is 0. The van der Waals surface area contributed by atoms with Gasteiger partial charge in [-0.2, -0.15) is 4.98 Å². The van der Waals surface area contributed by atoms with Crippen LogP contribution in [0.4, 0.5) is 11.4 Å². The smallest absolute Gasteiger partial charge is 0.322 e. The van der Waals surface area contributed by atoms with Gasteiger partial charge in [0.05, 0.1) is 11.7 Å². The molecule has 0 amide bonds. The minimum Gasteiger partial charge on any atom is -0.424 e. The molecule has 0 aliphatic rings. The standard InChI is InChI=1S/C21H18N4O/c1-15-4-3-5-18(12-15)25(2)17-6-8-19(9-7-17)26-21-23-13-16-10-11-22-14-20(16)24-21/h3-14H,1-2H3. The van der Waals surface area contributed by atoms with Gasteiger partial charge < -0.3 is 9.64 Å². The van der Waals surface area contributed by atoms with Gasteiger partial charge >= 0.3 is 6.01 Å². The molecule has 0 fully saturated rings. The molecular weight excluding hydrogens is 324 g/mol. The maximum atomic E-state index is 5.78. The first-order valence-corrected chi connectivity index (χ1v) is 8.34. The number of benzene rings is 2. The number of anilines is 2. The second kappa shape index (κ2) is 6.80. The Labute approximate surface area is 151 Å². The van der Waals surface area contributed by atoms with Crippen molar-refractivity contribution in [3.63, 3.8) is 0 Å². The Morgan fingerprint density at radius 3 is 2.58 bits per heavy atom. The van der Waals surface area contributed by atoms with Crippen molar-refractivity contribution < 1.29 is 4.74 Å². The molecule has 2 aromatic carbocycles. The maximum absolute atomic E-state index is 5.78. The van der Waals surface area contributed by atoms with Crippen LogP contribution in [0.3, 0.4) is 0 Å². The van der Waals surface area contributed by atoms with Crippen LogP contribution < -0.4 is 9.64 Å². The molecule has 0 N–H and O–H groups in total. The number of hydrogen-bond acceptors (Lipinski definition) is 5. The number of fused-ring (bicyclic) bond motifs is 1. The van der Waals surface area contributed by atoms with Crippen LogP contribution in [0, 0.1) is 6.92 Å². The second-order valence-corrected chi connectivity index (χ2v) is 6.08. The zero-order valence-electron chi connectivity index (χ0n) is 14.6. The van der Waals surface area contributed by atoms with Crippen molar-refractivity contribution in [3.8, 4) is 11.8 Å². The van der Waals surface area contributed by atoms with E-state index in [-0.39, 0.29) is 0 Å². The largest absolute Gasteiger partial charge is 0.424 e. The monoisotopic (exact) mass is 342 g/mol. The molecule has 0 unspecified atom stereocenters. The summed E-state index contributed by atoms with van der Waals surface area (Å²) in [6.07, 6.45) is 5.15. The summed E-state index contributed by atoms with van der Waals surface area (Å²) in [5, 5.41) is 0.933. The van der Waals surface area contributed by atoms with E-state index < -0.39 is 0 Å². The van der Waals surface area contributed by atoms with E-state index in [1.54, 1.807) is 18.6 Å². The lowest BCUT2D eigenvalue weighted by Crippen LogP contribution is -2.09. The Morgan fingerprint density at radius 1 is 0.923 bits per heavy atom. The molecule has 2 aromatic heterocycles. The van der Waals surface area contributed by atoms with Gasteiger partial charge in [-0.1, -0.05) is 12.1 Å². The first-order chi connectivity index (χ1) is 12.7. The van der Waals surface area contributed by atoms with Gasteiger partial charge in [0.2, 0.25) is 0 Å². The Morgan fingerprint density at radius 2 is 1.77 bits per heavy atom. The molecule has 4 aromatic rings. The predicted molar refractivity (Wildman–Crippen MR) is 103 cm³/mol. The van der Waals surface area contributed by atoms with E-state index in [0.29, 0.717) is 11.8 Å². The maximum Gasteiger partial charge on any atom is 0.322 e. The van der Waals surface area contributed by atoms with Crippen molar-refractivity contribution in [2.45, 2.75) is 6.92 Å². The quantitative estimate of drug-likeness (QED) is 0.528. The van der Waals surface area contributed by atoms with Crippen LogP contribution in [0.15, 0.2) is 73.2 Å². The van der Waals surface area contributed by atoms with Gasteiger partial charge in [-0.3, -0.25) is 4.98 Å². The van der Waals surface area contributed by atoms with E-state index in [2.05, 4.69) is 51.0 Å². The van der Waals surface area contributed by atoms with Gasteiger partial charge in [0.15, 0.2) is 0 Å². The zero-order valence-corrected chi connectivity index (χ0v) is 14.6. The van der Waals surface area contributed by atoms with Crippen molar-refractivity contribution in [2.24, 2.45) is 0 Å². The summed E-state index contributed by atoms with van der Waals surface area (Å²) in [6, 6.07) is 18.4. The van der Waals surface area contributed by atoms with Crippen LogP contribution in [-0.4, -0.2) is 22.0 Å². The molecule has 5 nitrogen and oxygen atoms in total. The third-order valence-corrected chi connectivity index (χ3v) is 4.19. The highest BCUT2D eigenvalue weighted by Gasteiger charge is 2.06. The summed E-state index contributed by atoms with van der Waals surface area (Å²) in [4.78, 5) is 14.8. The van der Waals surface area contributed by atoms with Crippen LogP contribution in [0.25, 0.3) is 10.9 Å². The summed E-state index contributed by atoms with van der Waals surface area (Å²) in [7, 11) is 2.05.